The Balaban J connectivity index is 1.29. The smallest absolute Gasteiger partial charge is 0.240 e. The van der Waals surface area contributed by atoms with Gasteiger partial charge in [0.05, 0.1) is 6.04 Å². The van der Waals surface area contributed by atoms with Crippen molar-refractivity contribution in [2.45, 2.75) is 57.6 Å². The molecule has 2 heterocycles. The fourth-order valence-corrected chi connectivity index (χ4v) is 4.57. The highest BCUT2D eigenvalue weighted by atomic mass is 16.5. The van der Waals surface area contributed by atoms with Crippen molar-refractivity contribution in [3.8, 4) is 5.75 Å². The molecule has 1 aliphatic carbocycles. The highest BCUT2D eigenvalue weighted by Gasteiger charge is 2.52. The maximum absolute atomic E-state index is 12.9. The lowest BCUT2D eigenvalue weighted by Gasteiger charge is -2.49. The molecule has 1 aromatic rings. The van der Waals surface area contributed by atoms with Crippen molar-refractivity contribution < 1.29 is 9.53 Å². The largest absolute Gasteiger partial charge is 0.490 e. The summed E-state index contributed by atoms with van der Waals surface area (Å²) in [6.07, 6.45) is 7.12. The summed E-state index contributed by atoms with van der Waals surface area (Å²) in [6.45, 7) is 4.77. The van der Waals surface area contributed by atoms with Gasteiger partial charge in [0.2, 0.25) is 5.91 Å². The molecule has 4 rings (SSSR count). The van der Waals surface area contributed by atoms with Crippen LogP contribution in [0.25, 0.3) is 0 Å². The molecule has 0 radical (unpaired) electrons. The molecule has 1 saturated carbocycles. The van der Waals surface area contributed by atoms with Crippen molar-refractivity contribution in [3.63, 3.8) is 0 Å². The zero-order chi connectivity index (χ0) is 16.6. The first-order valence-electron chi connectivity index (χ1n) is 9.42. The van der Waals surface area contributed by atoms with Crippen LogP contribution >= 0.6 is 0 Å². The molecule has 3 fully saturated rings. The van der Waals surface area contributed by atoms with E-state index >= 15 is 0 Å². The van der Waals surface area contributed by atoms with Crippen LogP contribution in [-0.2, 0) is 4.79 Å². The number of hydrogen-bond donors (Lipinski definition) is 1. The molecule has 1 unspecified atom stereocenters. The van der Waals surface area contributed by atoms with E-state index < -0.39 is 0 Å². The molecule has 1 spiro atoms. The number of nitrogens with zero attached hydrogens (tertiary/aromatic N) is 1. The van der Waals surface area contributed by atoms with Crippen LogP contribution in [0, 0.1) is 12.3 Å². The summed E-state index contributed by atoms with van der Waals surface area (Å²) >= 11 is 0. The number of ether oxygens (including phenoxy) is 1. The number of rotatable bonds is 3. The van der Waals surface area contributed by atoms with Gasteiger partial charge in [0.15, 0.2) is 0 Å². The van der Waals surface area contributed by atoms with E-state index in [-0.39, 0.29) is 17.6 Å². The van der Waals surface area contributed by atoms with Gasteiger partial charge in [-0.25, -0.2) is 0 Å². The first-order valence-corrected chi connectivity index (χ1v) is 9.42. The summed E-state index contributed by atoms with van der Waals surface area (Å²) in [7, 11) is 0. The highest BCUT2D eigenvalue weighted by molar-refractivity contribution is 5.84. The van der Waals surface area contributed by atoms with Crippen LogP contribution in [0.3, 0.4) is 0 Å². The second-order valence-corrected chi connectivity index (χ2v) is 7.84. The van der Waals surface area contributed by atoms with Gasteiger partial charge in [-0.05, 0) is 31.9 Å². The van der Waals surface area contributed by atoms with E-state index in [4.69, 9.17) is 4.74 Å². The number of likely N-dealkylation sites (tertiary alicyclic amines) is 1. The molecule has 2 saturated heterocycles. The minimum absolute atomic E-state index is 0.0783. The van der Waals surface area contributed by atoms with Gasteiger partial charge in [-0.3, -0.25) is 4.79 Å². The predicted molar refractivity (Wildman–Crippen MR) is 94.1 cm³/mol. The Kier molecular flexibility index (Phi) is 4.25. The molecular weight excluding hydrogens is 300 g/mol. The van der Waals surface area contributed by atoms with Crippen LogP contribution < -0.4 is 10.1 Å². The maximum Gasteiger partial charge on any atom is 0.240 e. The lowest BCUT2D eigenvalue weighted by Crippen LogP contribution is -2.68. The Morgan fingerprint density at radius 2 is 1.83 bits per heavy atom. The van der Waals surface area contributed by atoms with E-state index in [0.29, 0.717) is 5.91 Å². The molecule has 4 heteroatoms. The van der Waals surface area contributed by atoms with Gasteiger partial charge in [-0.2, -0.15) is 0 Å². The topological polar surface area (TPSA) is 41.6 Å². The van der Waals surface area contributed by atoms with Crippen LogP contribution in [0.1, 0.15) is 44.1 Å². The van der Waals surface area contributed by atoms with E-state index in [2.05, 4.69) is 29.3 Å². The number of hydrogen-bond acceptors (Lipinski definition) is 3. The first-order chi connectivity index (χ1) is 11.7. The molecule has 1 amide bonds. The Labute approximate surface area is 144 Å². The zero-order valence-electron chi connectivity index (χ0n) is 14.6. The molecule has 1 aromatic carbocycles. The molecule has 0 bridgehead atoms. The van der Waals surface area contributed by atoms with Crippen LogP contribution in [-0.4, -0.2) is 42.6 Å². The fraction of sp³-hybridized carbons (Fsp3) is 0.650. The zero-order valence-corrected chi connectivity index (χ0v) is 14.6. The molecule has 130 valence electrons. The third-order valence-electron chi connectivity index (χ3n) is 6.19. The minimum Gasteiger partial charge on any atom is -0.490 e. The third-order valence-corrected chi connectivity index (χ3v) is 6.19. The monoisotopic (exact) mass is 328 g/mol. The van der Waals surface area contributed by atoms with Crippen LogP contribution in [0.5, 0.6) is 5.75 Å². The lowest BCUT2D eigenvalue weighted by atomic mass is 9.71. The number of amides is 1. The Hall–Kier alpha value is -1.55. The van der Waals surface area contributed by atoms with Gasteiger partial charge >= 0.3 is 0 Å². The SMILES string of the molecule is Cc1ccc(OC2CCN(C(=O)C3NCC34CCCC4)CC2)cc1. The van der Waals surface area contributed by atoms with Crippen molar-refractivity contribution in [2.24, 2.45) is 5.41 Å². The number of carbonyl (C=O) groups is 1. The van der Waals surface area contributed by atoms with Crippen molar-refractivity contribution in [3.05, 3.63) is 29.8 Å². The van der Waals surface area contributed by atoms with Gasteiger partial charge in [0.25, 0.3) is 0 Å². The number of benzene rings is 1. The van der Waals surface area contributed by atoms with Gasteiger partial charge in [-0.15, -0.1) is 0 Å². The highest BCUT2D eigenvalue weighted by Crippen LogP contribution is 2.46. The van der Waals surface area contributed by atoms with Crippen LogP contribution in [0.2, 0.25) is 0 Å². The predicted octanol–water partition coefficient (Wildman–Crippen LogP) is 2.90. The molecule has 0 aromatic heterocycles. The number of carbonyl (C=O) groups excluding carboxylic acids is 1. The van der Waals surface area contributed by atoms with Crippen molar-refractivity contribution in [2.75, 3.05) is 19.6 Å². The molecule has 4 nitrogen and oxygen atoms in total. The third kappa shape index (κ3) is 2.92. The van der Waals surface area contributed by atoms with Crippen LogP contribution in [0.4, 0.5) is 0 Å². The standard InChI is InChI=1S/C20H28N2O2/c1-15-4-6-16(7-5-15)24-17-8-12-22(13-9-17)19(23)18-20(14-21-18)10-2-3-11-20/h4-7,17-18,21H,2-3,8-14H2,1H3. The normalized spacial score (nSPS) is 26.4. The fourth-order valence-electron chi connectivity index (χ4n) is 4.57. The quantitative estimate of drug-likeness (QED) is 0.928. The molecule has 24 heavy (non-hydrogen) atoms. The lowest BCUT2D eigenvalue weighted by molar-refractivity contribution is -0.143. The van der Waals surface area contributed by atoms with Gasteiger partial charge in [-0.1, -0.05) is 30.5 Å². The molecule has 3 aliphatic rings. The average molecular weight is 328 g/mol. The van der Waals surface area contributed by atoms with Crippen molar-refractivity contribution >= 4 is 5.91 Å². The van der Waals surface area contributed by atoms with E-state index in [9.17, 15) is 4.79 Å². The van der Waals surface area contributed by atoms with E-state index in [1.807, 2.05) is 12.1 Å². The summed E-state index contributed by atoms with van der Waals surface area (Å²) in [6, 6.07) is 8.31. The summed E-state index contributed by atoms with van der Waals surface area (Å²) < 4.78 is 6.08. The van der Waals surface area contributed by atoms with Gasteiger partial charge in [0.1, 0.15) is 11.9 Å². The van der Waals surface area contributed by atoms with Crippen molar-refractivity contribution in [1.82, 2.24) is 10.2 Å². The molecule has 2 aliphatic heterocycles. The molecular formula is C20H28N2O2. The van der Waals surface area contributed by atoms with E-state index in [1.165, 1.54) is 31.2 Å². The molecule has 1 atom stereocenters. The second kappa shape index (κ2) is 6.40. The Morgan fingerprint density at radius 1 is 1.17 bits per heavy atom. The average Bonchev–Trinajstić information content (AvgIpc) is 3.09. The summed E-state index contributed by atoms with van der Waals surface area (Å²) in [4.78, 5) is 14.9. The number of piperidine rings is 1. The summed E-state index contributed by atoms with van der Waals surface area (Å²) in [5.74, 6) is 1.27. The van der Waals surface area contributed by atoms with Gasteiger partial charge < -0.3 is 15.0 Å². The van der Waals surface area contributed by atoms with Gasteiger partial charge in [0, 0.05) is 37.9 Å². The van der Waals surface area contributed by atoms with E-state index in [1.54, 1.807) is 0 Å². The Bertz CT molecular complexity index is 584. The second-order valence-electron chi connectivity index (χ2n) is 7.84. The van der Waals surface area contributed by atoms with Crippen LogP contribution in [0.15, 0.2) is 24.3 Å². The summed E-state index contributed by atoms with van der Waals surface area (Å²) in [5.41, 5.74) is 1.53. The number of nitrogens with one attached hydrogen (secondary N) is 1. The van der Waals surface area contributed by atoms with Crippen molar-refractivity contribution in [1.29, 1.82) is 0 Å². The number of aryl methyl sites for hydroxylation is 1. The Morgan fingerprint density at radius 3 is 2.42 bits per heavy atom. The molecule has 1 N–H and O–H groups in total. The van der Waals surface area contributed by atoms with E-state index in [0.717, 1.165) is 38.2 Å². The minimum atomic E-state index is 0.0783. The summed E-state index contributed by atoms with van der Waals surface area (Å²) in [5, 5.41) is 3.41. The maximum atomic E-state index is 12.9. The first kappa shape index (κ1) is 15.9.